The van der Waals surface area contributed by atoms with Crippen LogP contribution in [0.2, 0.25) is 0 Å². The van der Waals surface area contributed by atoms with E-state index in [1.54, 1.807) is 20.8 Å². The van der Waals surface area contributed by atoms with Crippen LogP contribution in [-0.4, -0.2) is 47.6 Å². The third-order valence-corrected chi connectivity index (χ3v) is 2.01. The second kappa shape index (κ2) is 6.85. The fourth-order valence-electron chi connectivity index (χ4n) is 1.34. The number of carbonyl (C=O) groups is 3. The standard InChI is InChI=1S/C10H16N2O5.K/c1-10(2,3)17-9(16)12-4-6(8(14)15)11-7(13)5-12;/h6H,4-5H2,1-3H3,(H,11,13)(H,14,15);/q;+1/p-1/t6-;/m1./s1. The van der Waals surface area contributed by atoms with Gasteiger partial charge in [0.15, 0.2) is 0 Å². The van der Waals surface area contributed by atoms with Gasteiger partial charge in [-0.3, -0.25) is 9.69 Å². The van der Waals surface area contributed by atoms with Crippen molar-refractivity contribution >= 4 is 18.0 Å². The zero-order valence-corrected chi connectivity index (χ0v) is 14.1. The smallest absolute Gasteiger partial charge is 0.548 e. The van der Waals surface area contributed by atoms with Gasteiger partial charge in [0.2, 0.25) is 5.91 Å². The van der Waals surface area contributed by atoms with Crippen molar-refractivity contribution in [1.82, 2.24) is 10.2 Å². The number of hydrogen-bond donors (Lipinski definition) is 1. The van der Waals surface area contributed by atoms with Crippen LogP contribution in [0.3, 0.4) is 0 Å². The van der Waals surface area contributed by atoms with E-state index in [1.165, 1.54) is 0 Å². The van der Waals surface area contributed by atoms with Gasteiger partial charge in [-0.25, -0.2) is 4.79 Å². The van der Waals surface area contributed by atoms with E-state index in [2.05, 4.69) is 5.32 Å². The monoisotopic (exact) mass is 282 g/mol. The van der Waals surface area contributed by atoms with E-state index < -0.39 is 29.6 Å². The van der Waals surface area contributed by atoms with Crippen LogP contribution in [-0.2, 0) is 14.3 Å². The van der Waals surface area contributed by atoms with Gasteiger partial charge < -0.3 is 20.0 Å². The zero-order chi connectivity index (χ0) is 13.2. The van der Waals surface area contributed by atoms with Crippen LogP contribution in [0.15, 0.2) is 0 Å². The van der Waals surface area contributed by atoms with Gasteiger partial charge in [-0.15, -0.1) is 0 Å². The molecule has 1 atom stereocenters. The number of rotatable bonds is 1. The Hall–Kier alpha value is -0.154. The van der Waals surface area contributed by atoms with E-state index >= 15 is 0 Å². The largest absolute Gasteiger partial charge is 1.00 e. The molecule has 7 nitrogen and oxygen atoms in total. The number of hydrogen-bond acceptors (Lipinski definition) is 5. The van der Waals surface area contributed by atoms with Crippen LogP contribution in [0, 0.1) is 0 Å². The van der Waals surface area contributed by atoms with Crippen LogP contribution >= 0.6 is 0 Å². The molecule has 0 bridgehead atoms. The molecule has 1 aliphatic rings. The third-order valence-electron chi connectivity index (χ3n) is 2.01. The fraction of sp³-hybridized carbons (Fsp3) is 0.700. The number of ether oxygens (including phenoxy) is 1. The van der Waals surface area contributed by atoms with Gasteiger partial charge in [-0.2, -0.15) is 0 Å². The maximum Gasteiger partial charge on any atom is 1.00 e. The van der Waals surface area contributed by atoms with Gasteiger partial charge >= 0.3 is 57.5 Å². The van der Waals surface area contributed by atoms with Crippen LogP contribution in [0.5, 0.6) is 0 Å². The maximum atomic E-state index is 11.6. The summed E-state index contributed by atoms with van der Waals surface area (Å²) in [6, 6.07) is -1.19. The Morgan fingerprint density at radius 3 is 2.44 bits per heavy atom. The Labute approximate surface area is 148 Å². The molecule has 0 saturated carbocycles. The number of aliphatic carboxylic acids is 1. The molecular weight excluding hydrogens is 267 g/mol. The number of amides is 2. The zero-order valence-electron chi connectivity index (χ0n) is 11.0. The first-order valence-electron chi connectivity index (χ1n) is 5.17. The molecule has 18 heavy (non-hydrogen) atoms. The van der Waals surface area contributed by atoms with E-state index in [-0.39, 0.29) is 64.5 Å². The Bertz CT molecular complexity index is 353. The molecule has 1 saturated heterocycles. The quantitative estimate of drug-likeness (QED) is 0.489. The van der Waals surface area contributed by atoms with Crippen molar-refractivity contribution in [2.24, 2.45) is 0 Å². The third kappa shape index (κ3) is 5.66. The van der Waals surface area contributed by atoms with Crippen molar-refractivity contribution in [2.75, 3.05) is 13.1 Å². The molecular formula is C10H15KN2O5. The van der Waals surface area contributed by atoms with Gasteiger partial charge in [0.25, 0.3) is 0 Å². The molecule has 1 fully saturated rings. The van der Waals surface area contributed by atoms with Crippen molar-refractivity contribution in [3.63, 3.8) is 0 Å². The summed E-state index contributed by atoms with van der Waals surface area (Å²) in [5, 5.41) is 12.9. The summed E-state index contributed by atoms with van der Waals surface area (Å²) in [5.41, 5.74) is -0.692. The molecule has 8 heteroatoms. The van der Waals surface area contributed by atoms with E-state index in [0.717, 1.165) is 4.90 Å². The van der Waals surface area contributed by atoms with E-state index in [4.69, 9.17) is 4.74 Å². The molecule has 1 aliphatic heterocycles. The number of carbonyl (C=O) groups excluding carboxylic acids is 3. The molecule has 0 radical (unpaired) electrons. The molecule has 1 N–H and O–H groups in total. The summed E-state index contributed by atoms with van der Waals surface area (Å²) in [4.78, 5) is 34.5. The molecule has 0 aromatic carbocycles. The van der Waals surface area contributed by atoms with Crippen molar-refractivity contribution in [3.8, 4) is 0 Å². The maximum absolute atomic E-state index is 11.6. The second-order valence-electron chi connectivity index (χ2n) is 4.80. The number of nitrogens with one attached hydrogen (secondary N) is 1. The van der Waals surface area contributed by atoms with Crippen molar-refractivity contribution < 1.29 is 75.6 Å². The van der Waals surface area contributed by atoms with Crippen LogP contribution < -0.4 is 61.8 Å². The van der Waals surface area contributed by atoms with Gasteiger partial charge in [-0.05, 0) is 20.8 Å². The van der Waals surface area contributed by atoms with Crippen molar-refractivity contribution in [1.29, 1.82) is 0 Å². The molecule has 2 amide bonds. The Morgan fingerprint density at radius 2 is 2.00 bits per heavy atom. The first-order valence-corrected chi connectivity index (χ1v) is 5.17. The van der Waals surface area contributed by atoms with Gasteiger partial charge in [0.1, 0.15) is 12.1 Å². The Morgan fingerprint density at radius 1 is 1.44 bits per heavy atom. The Kier molecular flexibility index (Phi) is 6.79. The van der Waals surface area contributed by atoms with E-state index in [9.17, 15) is 19.5 Å². The minimum Gasteiger partial charge on any atom is -0.548 e. The first-order chi connectivity index (χ1) is 7.69. The van der Waals surface area contributed by atoms with E-state index in [1.807, 2.05) is 0 Å². The normalized spacial score (nSPS) is 19.6. The summed E-state index contributed by atoms with van der Waals surface area (Å²) >= 11 is 0. The number of piperazine rings is 1. The minimum atomic E-state index is -1.42. The van der Waals surface area contributed by atoms with Gasteiger partial charge in [-0.1, -0.05) is 0 Å². The fourth-order valence-corrected chi connectivity index (χ4v) is 1.34. The molecule has 0 spiro atoms. The van der Waals surface area contributed by atoms with Gasteiger partial charge in [0.05, 0.1) is 18.6 Å². The van der Waals surface area contributed by atoms with Crippen molar-refractivity contribution in [3.05, 3.63) is 0 Å². The van der Waals surface area contributed by atoms with E-state index in [0.29, 0.717) is 0 Å². The SMILES string of the molecule is CC(C)(C)OC(=O)N1CC(=O)N[C@@H](C(=O)[O-])C1.[K+]. The topological polar surface area (TPSA) is 98.8 Å². The minimum absolute atomic E-state index is 0. The molecule has 1 rings (SSSR count). The summed E-state index contributed by atoms with van der Waals surface area (Å²) < 4.78 is 5.05. The molecule has 0 aromatic heterocycles. The summed E-state index contributed by atoms with van der Waals surface area (Å²) in [6.07, 6.45) is -0.710. The Balaban J connectivity index is 0.00000289. The predicted octanol–water partition coefficient (Wildman–Crippen LogP) is -4.52. The van der Waals surface area contributed by atoms with Crippen LogP contribution in [0.1, 0.15) is 20.8 Å². The average Bonchev–Trinajstić information content (AvgIpc) is 2.13. The van der Waals surface area contributed by atoms with Gasteiger partial charge in [0, 0.05) is 0 Å². The molecule has 0 unspecified atom stereocenters. The summed E-state index contributed by atoms with van der Waals surface area (Å²) in [5.74, 6) is -1.97. The summed E-state index contributed by atoms with van der Waals surface area (Å²) in [6.45, 7) is 4.70. The van der Waals surface area contributed by atoms with Crippen LogP contribution in [0.25, 0.3) is 0 Å². The second-order valence-corrected chi connectivity index (χ2v) is 4.80. The average molecular weight is 282 g/mol. The molecule has 96 valence electrons. The number of carboxylic acids is 1. The predicted molar refractivity (Wildman–Crippen MR) is 54.7 cm³/mol. The van der Waals surface area contributed by atoms with Crippen LogP contribution in [0.4, 0.5) is 4.79 Å². The number of carboxylic acid groups (broad SMARTS) is 1. The molecule has 1 heterocycles. The first kappa shape index (κ1) is 17.8. The molecule has 0 aromatic rings. The summed E-state index contributed by atoms with van der Waals surface area (Å²) in [7, 11) is 0. The number of nitrogens with zero attached hydrogens (tertiary/aromatic N) is 1. The van der Waals surface area contributed by atoms with Crippen molar-refractivity contribution in [2.45, 2.75) is 32.4 Å². The molecule has 0 aliphatic carbocycles.